The van der Waals surface area contributed by atoms with Crippen molar-refractivity contribution in [3.8, 4) is 5.69 Å². The summed E-state index contributed by atoms with van der Waals surface area (Å²) >= 11 is 0. The highest BCUT2D eigenvalue weighted by atomic mass is 16.6. The number of hydrogen-bond acceptors (Lipinski definition) is 10. The summed E-state index contributed by atoms with van der Waals surface area (Å²) in [7, 11) is 0. The Morgan fingerprint density at radius 3 is 2.49 bits per heavy atom. The fraction of sp³-hybridized carbons (Fsp3) is 0.0833. The van der Waals surface area contributed by atoms with Crippen molar-refractivity contribution in [2.45, 2.75) is 12.6 Å². The van der Waals surface area contributed by atoms with E-state index in [1.54, 1.807) is 0 Å². The maximum absolute atomic E-state index is 12.4. The van der Waals surface area contributed by atoms with E-state index < -0.39 is 52.4 Å². The van der Waals surface area contributed by atoms with Crippen LogP contribution >= 0.6 is 0 Å². The van der Waals surface area contributed by atoms with Crippen LogP contribution in [0.5, 0.6) is 0 Å². The van der Waals surface area contributed by atoms with Gasteiger partial charge in [-0.3, -0.25) is 20.2 Å². The Kier molecular flexibility index (Phi) is 7.15. The number of amides is 1. The van der Waals surface area contributed by atoms with E-state index in [1.165, 1.54) is 47.3 Å². The van der Waals surface area contributed by atoms with Crippen LogP contribution in [0.1, 0.15) is 15.9 Å². The molecule has 1 unspecified atom stereocenters. The minimum Gasteiger partial charge on any atom is -0.478 e. The predicted octanol–water partition coefficient (Wildman–Crippen LogP) is 2.34. The lowest BCUT2D eigenvalue weighted by Crippen LogP contribution is -2.38. The SMILES string of the molecule is O=CC1Nc2cc([N+](=O)[O-])c(-n3ccc(=O)c(COC(=O)Nc4ccc(C(=O)O)cc4)c3)cc2N=C1C(=O)O. The Hall–Kier alpha value is -5.86. The molecule has 4 N–H and O–H groups in total. The molecular formula is C24H17N5O10. The highest BCUT2D eigenvalue weighted by molar-refractivity contribution is 6.42. The number of nitro groups is 1. The number of rotatable bonds is 8. The number of carboxylic acid groups (broad SMARTS) is 2. The van der Waals surface area contributed by atoms with Crippen LogP contribution in [0.25, 0.3) is 5.69 Å². The van der Waals surface area contributed by atoms with E-state index in [1.807, 2.05) is 0 Å². The van der Waals surface area contributed by atoms with Crippen LogP contribution < -0.4 is 16.1 Å². The molecule has 1 aliphatic heterocycles. The van der Waals surface area contributed by atoms with Crippen LogP contribution in [0.4, 0.5) is 27.5 Å². The molecule has 0 spiro atoms. The summed E-state index contributed by atoms with van der Waals surface area (Å²) in [6, 6.07) is 7.33. The first-order valence-electron chi connectivity index (χ1n) is 10.9. The Morgan fingerprint density at radius 1 is 1.15 bits per heavy atom. The number of nitrogens with one attached hydrogen (secondary N) is 2. The first-order chi connectivity index (χ1) is 18.6. The molecule has 0 saturated heterocycles. The van der Waals surface area contributed by atoms with Gasteiger partial charge >= 0.3 is 18.0 Å². The van der Waals surface area contributed by atoms with Crippen molar-refractivity contribution in [1.29, 1.82) is 0 Å². The summed E-state index contributed by atoms with van der Waals surface area (Å²) in [6.45, 7) is -0.513. The molecule has 2 aromatic carbocycles. The van der Waals surface area contributed by atoms with E-state index in [0.717, 1.165) is 12.1 Å². The molecule has 2 heterocycles. The third-order valence-electron chi connectivity index (χ3n) is 5.50. The van der Waals surface area contributed by atoms with E-state index in [-0.39, 0.29) is 33.9 Å². The van der Waals surface area contributed by atoms with E-state index in [0.29, 0.717) is 6.29 Å². The Morgan fingerprint density at radius 2 is 1.87 bits per heavy atom. The van der Waals surface area contributed by atoms with Gasteiger partial charge in [0.1, 0.15) is 24.6 Å². The fourth-order valence-corrected chi connectivity index (χ4v) is 3.62. The molecule has 15 nitrogen and oxygen atoms in total. The summed E-state index contributed by atoms with van der Waals surface area (Å²) in [5, 5.41) is 35.0. The van der Waals surface area contributed by atoms with E-state index >= 15 is 0 Å². The fourth-order valence-electron chi connectivity index (χ4n) is 3.62. The average molecular weight is 535 g/mol. The number of aromatic nitrogens is 1. The Balaban J connectivity index is 1.60. The monoisotopic (exact) mass is 535 g/mol. The highest BCUT2D eigenvalue weighted by Gasteiger charge is 2.30. The van der Waals surface area contributed by atoms with Crippen LogP contribution in [0, 0.1) is 10.1 Å². The molecule has 4 rings (SSSR count). The molecule has 0 bridgehead atoms. The minimum absolute atomic E-state index is 0.0101. The van der Waals surface area contributed by atoms with Gasteiger partial charge in [-0.05, 0) is 30.3 Å². The normalized spacial score (nSPS) is 13.7. The zero-order valence-electron chi connectivity index (χ0n) is 19.6. The van der Waals surface area contributed by atoms with Gasteiger partial charge in [0.15, 0.2) is 11.1 Å². The van der Waals surface area contributed by atoms with Crippen molar-refractivity contribution in [1.82, 2.24) is 4.57 Å². The number of pyridine rings is 1. The number of aromatic carboxylic acids is 1. The molecule has 1 amide bonds. The van der Waals surface area contributed by atoms with Crippen molar-refractivity contribution >= 4 is 52.8 Å². The van der Waals surface area contributed by atoms with Gasteiger partial charge in [-0.2, -0.15) is 0 Å². The summed E-state index contributed by atoms with van der Waals surface area (Å²) in [5.41, 5.74) is -1.29. The van der Waals surface area contributed by atoms with Gasteiger partial charge in [0, 0.05) is 30.2 Å². The average Bonchev–Trinajstić information content (AvgIpc) is 2.91. The van der Waals surface area contributed by atoms with Gasteiger partial charge in [-0.25, -0.2) is 19.4 Å². The number of hydrogen-bond donors (Lipinski definition) is 4. The molecule has 0 saturated carbocycles. The number of aldehydes is 1. The molecule has 15 heteroatoms. The number of ether oxygens (including phenoxy) is 1. The van der Waals surface area contributed by atoms with Gasteiger partial charge in [0.2, 0.25) is 0 Å². The lowest BCUT2D eigenvalue weighted by Gasteiger charge is -2.22. The first kappa shape index (κ1) is 26.2. The van der Waals surface area contributed by atoms with Crippen molar-refractivity contribution < 1.29 is 39.1 Å². The standard InChI is InChI=1S/C24H17N5O10/c30-10-17-21(23(34)35)27-16-7-18(19(29(37)38)8-15(16)26-17)28-6-5-20(31)13(9-28)11-39-24(36)25-14-3-1-12(2-4-14)22(32)33/h1-10,17,26H,11H2,(H,25,36)(H,32,33)(H,34,35). The number of carboxylic acids is 2. The summed E-state index contributed by atoms with van der Waals surface area (Å²) in [6.07, 6.45) is 1.80. The summed E-state index contributed by atoms with van der Waals surface area (Å²) < 4.78 is 6.28. The Labute approximate surface area is 217 Å². The van der Waals surface area contributed by atoms with Crippen LogP contribution in [0.15, 0.2) is 64.6 Å². The molecule has 198 valence electrons. The second kappa shape index (κ2) is 10.6. The lowest BCUT2D eigenvalue weighted by molar-refractivity contribution is -0.384. The largest absolute Gasteiger partial charge is 0.478 e. The minimum atomic E-state index is -1.45. The zero-order valence-corrected chi connectivity index (χ0v) is 19.6. The zero-order chi connectivity index (χ0) is 28.3. The number of carbonyl (C=O) groups is 4. The number of fused-ring (bicyclic) bond motifs is 1. The topological polar surface area (TPSA) is 220 Å². The van der Waals surface area contributed by atoms with Crippen molar-refractivity contribution in [3.05, 3.63) is 86.3 Å². The molecule has 39 heavy (non-hydrogen) atoms. The van der Waals surface area contributed by atoms with Crippen LogP contribution in [-0.2, 0) is 20.9 Å². The third kappa shape index (κ3) is 5.61. The van der Waals surface area contributed by atoms with Crippen molar-refractivity contribution in [2.24, 2.45) is 4.99 Å². The number of nitro benzene ring substituents is 1. The number of benzene rings is 2. The van der Waals surface area contributed by atoms with Gasteiger partial charge in [-0.1, -0.05) is 0 Å². The number of nitrogens with zero attached hydrogens (tertiary/aromatic N) is 3. The maximum atomic E-state index is 12.4. The smallest absolute Gasteiger partial charge is 0.411 e. The van der Waals surface area contributed by atoms with Crippen molar-refractivity contribution in [3.63, 3.8) is 0 Å². The molecule has 1 atom stereocenters. The van der Waals surface area contributed by atoms with E-state index in [2.05, 4.69) is 15.6 Å². The summed E-state index contributed by atoms with van der Waals surface area (Å²) in [5.74, 6) is -2.59. The van der Waals surface area contributed by atoms with Gasteiger partial charge in [0.05, 0.1) is 27.4 Å². The quantitative estimate of drug-likeness (QED) is 0.186. The molecule has 3 aromatic rings. The van der Waals surface area contributed by atoms with Crippen LogP contribution in [-0.4, -0.2) is 55.8 Å². The lowest BCUT2D eigenvalue weighted by atomic mass is 10.1. The van der Waals surface area contributed by atoms with Gasteiger partial charge < -0.3 is 29.6 Å². The van der Waals surface area contributed by atoms with E-state index in [9.17, 15) is 39.2 Å². The second-order valence-electron chi connectivity index (χ2n) is 8.00. The van der Waals surface area contributed by atoms with Crippen LogP contribution in [0.2, 0.25) is 0 Å². The second-order valence-corrected chi connectivity index (χ2v) is 8.00. The number of anilines is 2. The van der Waals surface area contributed by atoms with Gasteiger partial charge in [-0.15, -0.1) is 0 Å². The highest BCUT2D eigenvalue weighted by Crippen LogP contribution is 2.37. The number of aliphatic imine (C=N–C) groups is 1. The first-order valence-corrected chi connectivity index (χ1v) is 10.9. The van der Waals surface area contributed by atoms with Gasteiger partial charge in [0.25, 0.3) is 5.69 Å². The molecule has 1 aromatic heterocycles. The summed E-state index contributed by atoms with van der Waals surface area (Å²) in [4.78, 5) is 73.3. The molecule has 0 radical (unpaired) electrons. The molecular weight excluding hydrogens is 518 g/mol. The van der Waals surface area contributed by atoms with Crippen LogP contribution in [0.3, 0.4) is 0 Å². The maximum Gasteiger partial charge on any atom is 0.411 e. The predicted molar refractivity (Wildman–Crippen MR) is 134 cm³/mol. The van der Waals surface area contributed by atoms with Crippen molar-refractivity contribution in [2.75, 3.05) is 10.6 Å². The third-order valence-corrected chi connectivity index (χ3v) is 5.50. The molecule has 0 aliphatic carbocycles. The molecule has 0 fully saturated rings. The van der Waals surface area contributed by atoms with E-state index in [4.69, 9.17) is 9.84 Å². The Bertz CT molecular complexity index is 1610. The molecule has 1 aliphatic rings. The number of carbonyl (C=O) groups excluding carboxylic acids is 2. The number of aliphatic carboxylic acids is 1.